The molecule has 1 aliphatic heterocycles. The normalized spacial score (nSPS) is 20.3. The third-order valence-electron chi connectivity index (χ3n) is 4.90. The summed E-state index contributed by atoms with van der Waals surface area (Å²) in [6.45, 7) is 2.33. The van der Waals surface area contributed by atoms with Gasteiger partial charge in [-0.05, 0) is 25.0 Å². The number of nitrogens with one attached hydrogen (secondary N) is 1. The minimum atomic E-state index is 0.0447. The highest BCUT2D eigenvalue weighted by atomic mass is 16.5. The molecule has 2 atom stereocenters. The smallest absolute Gasteiger partial charge is 0.151 e. The van der Waals surface area contributed by atoms with Crippen LogP contribution in [0.3, 0.4) is 0 Å². The molecule has 0 bridgehead atoms. The molecule has 0 aliphatic carbocycles. The highest BCUT2D eigenvalue weighted by Crippen LogP contribution is 2.32. The lowest BCUT2D eigenvalue weighted by Crippen LogP contribution is -2.33. The average Bonchev–Trinajstić information content (AvgIpc) is 3.32. The zero-order chi connectivity index (χ0) is 17.8. The maximum absolute atomic E-state index is 6.04. The molecule has 7 nitrogen and oxygen atoms in total. The molecule has 1 aliphatic rings. The lowest BCUT2D eigenvalue weighted by molar-refractivity contribution is -0.0344. The van der Waals surface area contributed by atoms with Crippen LogP contribution in [-0.2, 0) is 18.3 Å². The van der Waals surface area contributed by atoms with Gasteiger partial charge in [0.25, 0.3) is 0 Å². The lowest BCUT2D eigenvalue weighted by Gasteiger charge is -2.31. The van der Waals surface area contributed by atoms with Crippen LogP contribution in [0, 0.1) is 5.92 Å². The molecule has 1 N–H and O–H groups in total. The average molecular weight is 352 g/mol. The second kappa shape index (κ2) is 7.80. The molecule has 0 saturated carbocycles. The van der Waals surface area contributed by atoms with Crippen molar-refractivity contribution in [2.24, 2.45) is 13.0 Å². The summed E-state index contributed by atoms with van der Waals surface area (Å²) < 4.78 is 10.1. The molecule has 1 saturated heterocycles. The first kappa shape index (κ1) is 16.9. The Hall–Kier alpha value is -2.51. The van der Waals surface area contributed by atoms with Gasteiger partial charge in [0, 0.05) is 44.2 Å². The van der Waals surface area contributed by atoms with E-state index < -0.39 is 0 Å². The quantitative estimate of drug-likeness (QED) is 0.737. The summed E-state index contributed by atoms with van der Waals surface area (Å²) in [5.74, 6) is 2.31. The van der Waals surface area contributed by atoms with Crippen LogP contribution in [0.15, 0.2) is 49.1 Å². The van der Waals surface area contributed by atoms with Gasteiger partial charge in [0.1, 0.15) is 18.3 Å². The number of hydrogen-bond donors (Lipinski definition) is 1. The van der Waals surface area contributed by atoms with Crippen molar-refractivity contribution in [3.05, 3.63) is 60.7 Å². The first-order chi connectivity index (χ1) is 12.8. The summed E-state index contributed by atoms with van der Waals surface area (Å²) in [4.78, 5) is 4.49. The van der Waals surface area contributed by atoms with Gasteiger partial charge in [-0.25, -0.2) is 4.98 Å². The van der Waals surface area contributed by atoms with E-state index in [1.807, 2.05) is 42.2 Å². The van der Waals surface area contributed by atoms with Crippen molar-refractivity contribution in [1.82, 2.24) is 29.6 Å². The SMILES string of the molecule is Cn1ccnc1[C@@H]1OCCC[C@H]1CNCc1nncn1-c1ccccc1. The van der Waals surface area contributed by atoms with E-state index >= 15 is 0 Å². The van der Waals surface area contributed by atoms with E-state index in [2.05, 4.69) is 37.2 Å². The van der Waals surface area contributed by atoms with Crippen LogP contribution in [0.2, 0.25) is 0 Å². The fourth-order valence-electron chi connectivity index (χ4n) is 3.54. The van der Waals surface area contributed by atoms with E-state index in [1.165, 1.54) is 0 Å². The van der Waals surface area contributed by atoms with Crippen LogP contribution in [0.25, 0.3) is 5.69 Å². The van der Waals surface area contributed by atoms with Crippen molar-refractivity contribution in [1.29, 1.82) is 0 Å². The van der Waals surface area contributed by atoms with Crippen molar-refractivity contribution in [2.75, 3.05) is 13.2 Å². The third kappa shape index (κ3) is 3.54. The van der Waals surface area contributed by atoms with Gasteiger partial charge in [-0.2, -0.15) is 0 Å². The van der Waals surface area contributed by atoms with Gasteiger partial charge in [0.2, 0.25) is 0 Å². The predicted molar refractivity (Wildman–Crippen MR) is 97.7 cm³/mol. The van der Waals surface area contributed by atoms with E-state index in [-0.39, 0.29) is 6.10 Å². The van der Waals surface area contributed by atoms with E-state index in [0.717, 1.165) is 43.3 Å². The van der Waals surface area contributed by atoms with Gasteiger partial charge in [0.15, 0.2) is 5.82 Å². The van der Waals surface area contributed by atoms with Crippen LogP contribution in [0.1, 0.15) is 30.6 Å². The van der Waals surface area contributed by atoms with Gasteiger partial charge in [-0.3, -0.25) is 4.57 Å². The molecule has 0 radical (unpaired) electrons. The van der Waals surface area contributed by atoms with Crippen LogP contribution >= 0.6 is 0 Å². The Morgan fingerprint density at radius 3 is 2.96 bits per heavy atom. The molecule has 26 heavy (non-hydrogen) atoms. The number of aryl methyl sites for hydroxylation is 1. The van der Waals surface area contributed by atoms with Gasteiger partial charge in [-0.1, -0.05) is 18.2 Å². The molecular weight excluding hydrogens is 328 g/mol. The van der Waals surface area contributed by atoms with E-state index in [0.29, 0.717) is 12.5 Å². The maximum Gasteiger partial charge on any atom is 0.151 e. The van der Waals surface area contributed by atoms with Crippen LogP contribution in [0.5, 0.6) is 0 Å². The summed E-state index contributed by atoms with van der Waals surface area (Å²) in [5.41, 5.74) is 1.07. The first-order valence-electron chi connectivity index (χ1n) is 9.07. The molecule has 7 heteroatoms. The number of benzene rings is 1. The Kier molecular flexibility index (Phi) is 5.08. The minimum absolute atomic E-state index is 0.0447. The second-order valence-electron chi connectivity index (χ2n) is 6.67. The molecular formula is C19H24N6O. The molecule has 3 heterocycles. The molecule has 4 rings (SSSR count). The van der Waals surface area contributed by atoms with Gasteiger partial charge in [0.05, 0.1) is 6.54 Å². The Labute approximate surface area is 153 Å². The van der Waals surface area contributed by atoms with Crippen molar-refractivity contribution in [3.63, 3.8) is 0 Å². The Morgan fingerprint density at radius 2 is 2.15 bits per heavy atom. The minimum Gasteiger partial charge on any atom is -0.370 e. The van der Waals surface area contributed by atoms with Crippen molar-refractivity contribution < 1.29 is 4.74 Å². The van der Waals surface area contributed by atoms with Crippen molar-refractivity contribution in [3.8, 4) is 5.69 Å². The molecule has 1 fully saturated rings. The fraction of sp³-hybridized carbons (Fsp3) is 0.421. The molecule has 0 unspecified atom stereocenters. The number of para-hydroxylation sites is 1. The summed E-state index contributed by atoms with van der Waals surface area (Å²) in [7, 11) is 2.02. The second-order valence-corrected chi connectivity index (χ2v) is 6.67. The van der Waals surface area contributed by atoms with Crippen LogP contribution in [0.4, 0.5) is 0 Å². The molecule has 136 valence electrons. The highest BCUT2D eigenvalue weighted by molar-refractivity contribution is 5.31. The molecule has 1 aromatic carbocycles. The standard InChI is InChI=1S/C19H24N6O/c1-24-10-9-21-19(24)18-15(6-5-11-26-18)12-20-13-17-23-22-14-25(17)16-7-3-2-4-8-16/h2-4,7-10,14-15,18,20H,5-6,11-13H2,1H3/t15-,18+/m0/s1. The number of hydrogen-bond acceptors (Lipinski definition) is 5. The van der Waals surface area contributed by atoms with E-state index in [9.17, 15) is 0 Å². The predicted octanol–water partition coefficient (Wildman–Crippen LogP) is 2.26. The maximum atomic E-state index is 6.04. The van der Waals surface area contributed by atoms with E-state index in [4.69, 9.17) is 4.74 Å². The van der Waals surface area contributed by atoms with Crippen molar-refractivity contribution in [2.45, 2.75) is 25.5 Å². The molecule has 0 spiro atoms. The van der Waals surface area contributed by atoms with E-state index in [1.54, 1.807) is 6.33 Å². The van der Waals surface area contributed by atoms with Gasteiger partial charge >= 0.3 is 0 Å². The summed E-state index contributed by atoms with van der Waals surface area (Å²) in [6.07, 6.45) is 7.83. The number of nitrogens with zero attached hydrogens (tertiary/aromatic N) is 5. The Morgan fingerprint density at radius 1 is 1.27 bits per heavy atom. The monoisotopic (exact) mass is 352 g/mol. The Balaban J connectivity index is 1.40. The first-order valence-corrected chi connectivity index (χ1v) is 9.07. The van der Waals surface area contributed by atoms with Crippen molar-refractivity contribution >= 4 is 0 Å². The highest BCUT2D eigenvalue weighted by Gasteiger charge is 2.30. The zero-order valence-electron chi connectivity index (χ0n) is 15.0. The zero-order valence-corrected chi connectivity index (χ0v) is 15.0. The van der Waals surface area contributed by atoms with Crippen LogP contribution in [-0.4, -0.2) is 37.5 Å². The summed E-state index contributed by atoms with van der Waals surface area (Å²) >= 11 is 0. The molecule has 3 aromatic rings. The number of ether oxygens (including phenoxy) is 1. The topological polar surface area (TPSA) is 69.8 Å². The summed E-state index contributed by atoms with van der Waals surface area (Å²) in [5, 5.41) is 11.9. The third-order valence-corrected chi connectivity index (χ3v) is 4.90. The van der Waals surface area contributed by atoms with Gasteiger partial charge < -0.3 is 14.6 Å². The Bertz CT molecular complexity index is 827. The number of rotatable bonds is 6. The lowest BCUT2D eigenvalue weighted by atomic mass is 9.93. The largest absolute Gasteiger partial charge is 0.370 e. The fourth-order valence-corrected chi connectivity index (χ4v) is 3.54. The summed E-state index contributed by atoms with van der Waals surface area (Å²) in [6, 6.07) is 10.2. The molecule has 2 aromatic heterocycles. The van der Waals surface area contributed by atoms with Crippen LogP contribution < -0.4 is 5.32 Å². The number of imidazole rings is 1. The molecule has 0 amide bonds. The van der Waals surface area contributed by atoms with Gasteiger partial charge in [-0.15, -0.1) is 10.2 Å². The number of aromatic nitrogens is 5.